The maximum Gasteiger partial charge on any atom is 0.315 e. The van der Waals surface area contributed by atoms with Gasteiger partial charge in [0.1, 0.15) is 5.82 Å². The summed E-state index contributed by atoms with van der Waals surface area (Å²) in [4.78, 5) is 19.4. The molecule has 2 amide bonds. The van der Waals surface area contributed by atoms with E-state index in [9.17, 15) is 4.79 Å². The number of amides is 2. The number of fused-ring (bicyclic) bond motifs is 1. The fraction of sp³-hybridized carbons (Fsp3) is 0.455. The van der Waals surface area contributed by atoms with Crippen molar-refractivity contribution >= 4 is 11.8 Å². The Labute approximate surface area is 166 Å². The minimum Gasteiger partial charge on any atom is -0.378 e. The van der Waals surface area contributed by atoms with Crippen LogP contribution in [0.15, 0.2) is 42.6 Å². The Hall–Kier alpha value is -2.60. The molecule has 6 nitrogen and oxygen atoms in total. The Balaban J connectivity index is 1.40. The zero-order valence-electron chi connectivity index (χ0n) is 16.6. The van der Waals surface area contributed by atoms with Crippen LogP contribution in [0.1, 0.15) is 43.0 Å². The lowest BCUT2D eigenvalue weighted by atomic mass is 9.86. The number of pyridine rings is 1. The zero-order valence-corrected chi connectivity index (χ0v) is 16.6. The van der Waals surface area contributed by atoms with Gasteiger partial charge in [0.05, 0.1) is 19.3 Å². The molecule has 2 N–H and O–H groups in total. The van der Waals surface area contributed by atoms with Gasteiger partial charge in [0, 0.05) is 31.4 Å². The van der Waals surface area contributed by atoms with Crippen LogP contribution in [-0.4, -0.2) is 37.3 Å². The van der Waals surface area contributed by atoms with Crippen molar-refractivity contribution in [2.24, 2.45) is 0 Å². The molecule has 1 aromatic carbocycles. The van der Waals surface area contributed by atoms with Gasteiger partial charge in [-0.2, -0.15) is 0 Å². The van der Waals surface area contributed by atoms with Gasteiger partial charge >= 0.3 is 6.03 Å². The van der Waals surface area contributed by atoms with Crippen LogP contribution in [0, 0.1) is 0 Å². The van der Waals surface area contributed by atoms with Crippen molar-refractivity contribution in [2.45, 2.75) is 38.3 Å². The third-order valence-corrected chi connectivity index (χ3v) is 5.70. The lowest BCUT2D eigenvalue weighted by molar-refractivity contribution is 0.122. The second-order valence-corrected chi connectivity index (χ2v) is 8.14. The van der Waals surface area contributed by atoms with Gasteiger partial charge in [-0.25, -0.2) is 9.78 Å². The van der Waals surface area contributed by atoms with E-state index < -0.39 is 0 Å². The second kappa shape index (κ2) is 7.80. The van der Waals surface area contributed by atoms with E-state index >= 15 is 0 Å². The van der Waals surface area contributed by atoms with Crippen LogP contribution in [0.4, 0.5) is 10.6 Å². The molecule has 28 heavy (non-hydrogen) atoms. The molecule has 1 aromatic heterocycles. The number of anilines is 1. The zero-order chi connectivity index (χ0) is 19.6. The fourth-order valence-electron chi connectivity index (χ4n) is 4.29. The number of nitrogens with zero attached hydrogens (tertiary/aromatic N) is 2. The maximum atomic E-state index is 12.6. The summed E-state index contributed by atoms with van der Waals surface area (Å²) in [6.45, 7) is 7.98. The highest BCUT2D eigenvalue weighted by atomic mass is 16.5. The van der Waals surface area contributed by atoms with Crippen molar-refractivity contribution in [1.29, 1.82) is 0 Å². The number of rotatable bonds is 4. The number of benzene rings is 1. The highest BCUT2D eigenvalue weighted by Crippen LogP contribution is 2.44. The van der Waals surface area contributed by atoms with Crippen molar-refractivity contribution in [2.75, 3.05) is 31.2 Å². The molecule has 6 heteroatoms. The molecule has 2 aromatic rings. The molecule has 1 aliphatic heterocycles. The van der Waals surface area contributed by atoms with Crippen LogP contribution >= 0.6 is 0 Å². The SMILES string of the molecule is CC1(C)CC(NC(=O)NCc2cccnc2N2CCOCC2)c2ccccc21. The first-order valence-corrected chi connectivity index (χ1v) is 9.95. The van der Waals surface area contributed by atoms with Gasteiger partial charge in [-0.05, 0) is 29.0 Å². The summed E-state index contributed by atoms with van der Waals surface area (Å²) in [6.07, 6.45) is 2.71. The monoisotopic (exact) mass is 380 g/mol. The summed E-state index contributed by atoms with van der Waals surface area (Å²) in [5.74, 6) is 0.929. The van der Waals surface area contributed by atoms with Crippen LogP contribution in [0.3, 0.4) is 0 Å². The number of urea groups is 1. The fourth-order valence-corrected chi connectivity index (χ4v) is 4.29. The van der Waals surface area contributed by atoms with Crippen LogP contribution in [0.25, 0.3) is 0 Å². The first kappa shape index (κ1) is 18.7. The molecule has 4 rings (SSSR count). The number of nitrogens with one attached hydrogen (secondary N) is 2. The van der Waals surface area contributed by atoms with Gasteiger partial charge in [0.2, 0.25) is 0 Å². The van der Waals surface area contributed by atoms with E-state index in [1.807, 2.05) is 18.2 Å². The van der Waals surface area contributed by atoms with E-state index in [1.165, 1.54) is 11.1 Å². The molecule has 0 bridgehead atoms. The van der Waals surface area contributed by atoms with E-state index in [1.54, 1.807) is 6.20 Å². The summed E-state index contributed by atoms with van der Waals surface area (Å²) >= 11 is 0. The molecule has 0 radical (unpaired) electrons. The van der Waals surface area contributed by atoms with E-state index in [0.717, 1.165) is 30.9 Å². The van der Waals surface area contributed by atoms with Crippen LogP contribution in [-0.2, 0) is 16.7 Å². The number of morpholine rings is 1. The van der Waals surface area contributed by atoms with E-state index in [4.69, 9.17) is 4.74 Å². The van der Waals surface area contributed by atoms with Crippen molar-refractivity contribution in [3.05, 3.63) is 59.3 Å². The normalized spacial score (nSPS) is 20.5. The molecule has 2 heterocycles. The largest absolute Gasteiger partial charge is 0.378 e. The van der Waals surface area contributed by atoms with Crippen LogP contribution in [0.5, 0.6) is 0 Å². The molecular weight excluding hydrogens is 352 g/mol. The van der Waals surface area contributed by atoms with Gasteiger partial charge in [-0.1, -0.05) is 44.2 Å². The summed E-state index contributed by atoms with van der Waals surface area (Å²) in [5, 5.41) is 6.17. The molecular formula is C22H28N4O2. The Morgan fingerprint density at radius 2 is 2.00 bits per heavy atom. The summed E-state index contributed by atoms with van der Waals surface area (Å²) < 4.78 is 5.43. The van der Waals surface area contributed by atoms with E-state index in [2.05, 4.69) is 52.6 Å². The predicted octanol–water partition coefficient (Wildman–Crippen LogP) is 3.14. The van der Waals surface area contributed by atoms with E-state index in [-0.39, 0.29) is 17.5 Å². The summed E-state index contributed by atoms with van der Waals surface area (Å²) in [7, 11) is 0. The first-order chi connectivity index (χ1) is 13.5. The molecule has 148 valence electrons. The molecule has 1 saturated heterocycles. The number of aromatic nitrogens is 1. The number of hydrogen-bond acceptors (Lipinski definition) is 4. The summed E-state index contributed by atoms with van der Waals surface area (Å²) in [5.41, 5.74) is 3.63. The lowest BCUT2D eigenvalue weighted by Gasteiger charge is -2.29. The second-order valence-electron chi connectivity index (χ2n) is 8.14. The minimum atomic E-state index is -0.144. The van der Waals surface area contributed by atoms with Gasteiger partial charge in [0.25, 0.3) is 0 Å². The number of carbonyl (C=O) groups is 1. The molecule has 0 saturated carbocycles. The van der Waals surface area contributed by atoms with Crippen LogP contribution in [0.2, 0.25) is 0 Å². The number of carbonyl (C=O) groups excluding carboxylic acids is 1. The average Bonchev–Trinajstić information content (AvgIpc) is 2.97. The standard InChI is InChI=1S/C22H28N4O2/c1-22(2)14-19(17-7-3-4-8-18(17)22)25-21(27)24-15-16-6-5-9-23-20(16)26-10-12-28-13-11-26/h3-9,19H,10-15H2,1-2H3,(H2,24,25,27). The van der Waals surface area contributed by atoms with Crippen molar-refractivity contribution in [3.63, 3.8) is 0 Å². The Morgan fingerprint density at radius 1 is 1.21 bits per heavy atom. The maximum absolute atomic E-state index is 12.6. The lowest BCUT2D eigenvalue weighted by Crippen LogP contribution is -2.39. The highest BCUT2D eigenvalue weighted by molar-refractivity contribution is 5.75. The third kappa shape index (κ3) is 3.83. The predicted molar refractivity (Wildman–Crippen MR) is 109 cm³/mol. The van der Waals surface area contributed by atoms with Gasteiger partial charge < -0.3 is 20.3 Å². The molecule has 1 aliphatic carbocycles. The summed E-state index contributed by atoms with van der Waals surface area (Å²) in [6, 6.07) is 12.2. The topological polar surface area (TPSA) is 66.5 Å². The van der Waals surface area contributed by atoms with E-state index in [0.29, 0.717) is 19.8 Å². The molecule has 1 atom stereocenters. The Kier molecular flexibility index (Phi) is 5.22. The number of ether oxygens (including phenoxy) is 1. The minimum absolute atomic E-state index is 0.0406. The van der Waals surface area contributed by atoms with Gasteiger partial charge in [0.15, 0.2) is 0 Å². The molecule has 2 aliphatic rings. The highest BCUT2D eigenvalue weighted by Gasteiger charge is 2.37. The Bertz CT molecular complexity index is 846. The number of hydrogen-bond donors (Lipinski definition) is 2. The van der Waals surface area contributed by atoms with Crippen molar-refractivity contribution in [1.82, 2.24) is 15.6 Å². The van der Waals surface area contributed by atoms with Crippen molar-refractivity contribution in [3.8, 4) is 0 Å². The quantitative estimate of drug-likeness (QED) is 0.855. The van der Waals surface area contributed by atoms with Gasteiger partial charge in [-0.15, -0.1) is 0 Å². The van der Waals surface area contributed by atoms with Gasteiger partial charge in [-0.3, -0.25) is 0 Å². The molecule has 1 fully saturated rings. The van der Waals surface area contributed by atoms with Crippen molar-refractivity contribution < 1.29 is 9.53 Å². The molecule has 0 spiro atoms. The van der Waals surface area contributed by atoms with Crippen LogP contribution < -0.4 is 15.5 Å². The third-order valence-electron chi connectivity index (χ3n) is 5.70. The first-order valence-electron chi connectivity index (χ1n) is 9.95. The smallest absolute Gasteiger partial charge is 0.315 e. The molecule has 1 unspecified atom stereocenters. The average molecular weight is 380 g/mol. The Morgan fingerprint density at radius 3 is 2.82 bits per heavy atom.